The summed E-state index contributed by atoms with van der Waals surface area (Å²) < 4.78 is 18.8. The Morgan fingerprint density at radius 1 is 1.07 bits per heavy atom. The first kappa shape index (κ1) is 18.0. The number of carbonyl (C=O) groups excluding carboxylic acids is 1. The molecule has 1 fully saturated rings. The van der Waals surface area contributed by atoms with Crippen molar-refractivity contribution in [3.05, 3.63) is 70.3 Å². The van der Waals surface area contributed by atoms with Gasteiger partial charge in [-0.15, -0.1) is 0 Å². The number of para-hydroxylation sites is 2. The number of nitrogens with one attached hydrogen (secondary N) is 1. The number of aromatic amines is 1. The highest BCUT2D eigenvalue weighted by atomic mass is 19.1. The van der Waals surface area contributed by atoms with Crippen LogP contribution < -0.4 is 15.2 Å². The zero-order chi connectivity index (χ0) is 19.7. The number of anilines is 1. The van der Waals surface area contributed by atoms with Crippen LogP contribution in [0.2, 0.25) is 0 Å². The standard InChI is InChI=1S/C21H20FN3O3/c1-28-19-5-3-2-4-18(19)24-8-10-25(11-9-24)21(27)16-12-14-6-7-15(22)13-17(14)23-20(16)26/h2-7,12-13H,8-11H2,1H3,(H,23,26). The third-order valence-corrected chi connectivity index (χ3v) is 5.03. The van der Waals surface area contributed by atoms with Crippen molar-refractivity contribution < 1.29 is 13.9 Å². The highest BCUT2D eigenvalue weighted by molar-refractivity contribution is 5.97. The molecule has 2 heterocycles. The largest absolute Gasteiger partial charge is 0.495 e. The molecule has 1 saturated heterocycles. The van der Waals surface area contributed by atoms with Crippen molar-refractivity contribution in [1.29, 1.82) is 0 Å². The third-order valence-electron chi connectivity index (χ3n) is 5.03. The van der Waals surface area contributed by atoms with Crippen LogP contribution in [-0.2, 0) is 0 Å². The second-order valence-corrected chi connectivity index (χ2v) is 6.69. The number of nitrogens with zero attached hydrogens (tertiary/aromatic N) is 2. The predicted octanol–water partition coefficient (Wildman–Crippen LogP) is 2.64. The van der Waals surface area contributed by atoms with E-state index in [4.69, 9.17) is 4.74 Å². The van der Waals surface area contributed by atoms with Crippen LogP contribution in [0.4, 0.5) is 10.1 Å². The molecule has 0 radical (unpaired) electrons. The van der Waals surface area contributed by atoms with Crippen LogP contribution in [0.5, 0.6) is 5.75 Å². The number of amides is 1. The second kappa shape index (κ2) is 7.34. The van der Waals surface area contributed by atoms with E-state index in [1.54, 1.807) is 18.1 Å². The van der Waals surface area contributed by atoms with Gasteiger partial charge in [0.25, 0.3) is 11.5 Å². The van der Waals surface area contributed by atoms with Gasteiger partial charge in [-0.3, -0.25) is 9.59 Å². The maximum atomic E-state index is 13.3. The van der Waals surface area contributed by atoms with Crippen molar-refractivity contribution in [3.8, 4) is 5.75 Å². The van der Waals surface area contributed by atoms with Crippen LogP contribution in [0.3, 0.4) is 0 Å². The van der Waals surface area contributed by atoms with Gasteiger partial charge < -0.3 is 19.5 Å². The quantitative estimate of drug-likeness (QED) is 0.758. The molecule has 0 saturated carbocycles. The lowest BCUT2D eigenvalue weighted by Crippen LogP contribution is -2.49. The predicted molar refractivity (Wildman–Crippen MR) is 106 cm³/mol. The van der Waals surface area contributed by atoms with E-state index in [1.807, 2.05) is 24.3 Å². The molecule has 4 rings (SSSR count). The zero-order valence-corrected chi connectivity index (χ0v) is 15.4. The van der Waals surface area contributed by atoms with Crippen molar-refractivity contribution in [2.75, 3.05) is 38.2 Å². The molecular weight excluding hydrogens is 361 g/mol. The van der Waals surface area contributed by atoms with E-state index < -0.39 is 11.4 Å². The van der Waals surface area contributed by atoms with Gasteiger partial charge in [-0.05, 0) is 41.8 Å². The summed E-state index contributed by atoms with van der Waals surface area (Å²) in [7, 11) is 1.64. The molecule has 0 spiro atoms. The van der Waals surface area contributed by atoms with Crippen molar-refractivity contribution in [3.63, 3.8) is 0 Å². The van der Waals surface area contributed by atoms with Gasteiger partial charge in [0.1, 0.15) is 17.1 Å². The van der Waals surface area contributed by atoms with Gasteiger partial charge >= 0.3 is 0 Å². The first-order chi connectivity index (χ1) is 13.6. The van der Waals surface area contributed by atoms with Crippen LogP contribution in [-0.4, -0.2) is 49.1 Å². The Balaban J connectivity index is 1.53. The minimum Gasteiger partial charge on any atom is -0.495 e. The molecule has 28 heavy (non-hydrogen) atoms. The summed E-state index contributed by atoms with van der Waals surface area (Å²) in [4.78, 5) is 31.7. The second-order valence-electron chi connectivity index (χ2n) is 6.69. The summed E-state index contributed by atoms with van der Waals surface area (Å²) in [6.07, 6.45) is 0. The van der Waals surface area contributed by atoms with Crippen LogP contribution in [0.1, 0.15) is 10.4 Å². The number of benzene rings is 2. The van der Waals surface area contributed by atoms with E-state index in [-0.39, 0.29) is 11.5 Å². The molecule has 1 aliphatic rings. The fourth-order valence-electron chi connectivity index (χ4n) is 3.54. The lowest BCUT2D eigenvalue weighted by Gasteiger charge is -2.36. The van der Waals surface area contributed by atoms with Crippen LogP contribution >= 0.6 is 0 Å². The Hall–Kier alpha value is -3.35. The number of ether oxygens (including phenoxy) is 1. The number of piperazine rings is 1. The number of methoxy groups -OCH3 is 1. The normalized spacial score (nSPS) is 14.4. The Morgan fingerprint density at radius 2 is 1.82 bits per heavy atom. The average Bonchev–Trinajstić information content (AvgIpc) is 2.73. The molecule has 1 aliphatic heterocycles. The maximum Gasteiger partial charge on any atom is 0.261 e. The summed E-state index contributed by atoms with van der Waals surface area (Å²) >= 11 is 0. The number of carbonyl (C=O) groups is 1. The first-order valence-electron chi connectivity index (χ1n) is 9.06. The van der Waals surface area contributed by atoms with E-state index in [9.17, 15) is 14.0 Å². The number of rotatable bonds is 3. The van der Waals surface area contributed by atoms with Gasteiger partial charge in [0, 0.05) is 26.2 Å². The average molecular weight is 381 g/mol. The molecule has 144 valence electrons. The van der Waals surface area contributed by atoms with Gasteiger partial charge in [-0.1, -0.05) is 12.1 Å². The molecule has 0 aliphatic carbocycles. The van der Waals surface area contributed by atoms with Gasteiger partial charge in [-0.2, -0.15) is 0 Å². The van der Waals surface area contributed by atoms with Crippen molar-refractivity contribution in [2.45, 2.75) is 0 Å². The van der Waals surface area contributed by atoms with Crippen LogP contribution in [0.15, 0.2) is 53.3 Å². The Labute approximate surface area is 161 Å². The van der Waals surface area contributed by atoms with Gasteiger partial charge in [0.15, 0.2) is 0 Å². The monoisotopic (exact) mass is 381 g/mol. The Bertz CT molecular complexity index is 1090. The summed E-state index contributed by atoms with van der Waals surface area (Å²) in [5, 5.41) is 0.622. The molecule has 0 bridgehead atoms. The highest BCUT2D eigenvalue weighted by Crippen LogP contribution is 2.28. The summed E-state index contributed by atoms with van der Waals surface area (Å²) in [6, 6.07) is 13.4. The van der Waals surface area contributed by atoms with Gasteiger partial charge in [0.05, 0.1) is 18.3 Å². The van der Waals surface area contributed by atoms with E-state index in [0.717, 1.165) is 11.4 Å². The smallest absolute Gasteiger partial charge is 0.261 e. The minimum absolute atomic E-state index is 0.0739. The molecule has 6 nitrogen and oxygen atoms in total. The number of halogens is 1. The first-order valence-corrected chi connectivity index (χ1v) is 9.06. The summed E-state index contributed by atoms with van der Waals surface area (Å²) in [5.41, 5.74) is 0.935. The third kappa shape index (κ3) is 3.31. The molecular formula is C21H20FN3O3. The number of pyridine rings is 1. The molecule has 3 aromatic rings. The summed E-state index contributed by atoms with van der Waals surface area (Å²) in [5.74, 6) is 0.0438. The number of H-pyrrole nitrogens is 1. The molecule has 1 amide bonds. The van der Waals surface area contributed by atoms with Gasteiger partial charge in [0.2, 0.25) is 0 Å². The van der Waals surface area contributed by atoms with E-state index in [2.05, 4.69) is 9.88 Å². The van der Waals surface area contributed by atoms with Crippen LogP contribution in [0.25, 0.3) is 10.9 Å². The molecule has 2 aromatic carbocycles. The Morgan fingerprint density at radius 3 is 2.57 bits per heavy atom. The number of aromatic nitrogens is 1. The SMILES string of the molecule is COc1ccccc1N1CCN(C(=O)c2cc3ccc(F)cc3[nH]c2=O)CC1. The number of hydrogen-bond acceptors (Lipinski definition) is 4. The number of fused-ring (bicyclic) bond motifs is 1. The van der Waals surface area contributed by atoms with E-state index in [0.29, 0.717) is 37.1 Å². The fraction of sp³-hybridized carbons (Fsp3) is 0.238. The highest BCUT2D eigenvalue weighted by Gasteiger charge is 2.25. The molecule has 0 unspecified atom stereocenters. The van der Waals surface area contributed by atoms with Crippen molar-refractivity contribution >= 4 is 22.5 Å². The molecule has 1 N–H and O–H groups in total. The molecule has 1 aromatic heterocycles. The Kier molecular flexibility index (Phi) is 4.73. The lowest BCUT2D eigenvalue weighted by atomic mass is 10.1. The minimum atomic E-state index is -0.504. The maximum absolute atomic E-state index is 13.3. The van der Waals surface area contributed by atoms with E-state index in [1.165, 1.54) is 18.2 Å². The topological polar surface area (TPSA) is 65.6 Å². The van der Waals surface area contributed by atoms with Gasteiger partial charge in [-0.25, -0.2) is 4.39 Å². The van der Waals surface area contributed by atoms with E-state index >= 15 is 0 Å². The lowest BCUT2D eigenvalue weighted by molar-refractivity contribution is 0.0745. The van der Waals surface area contributed by atoms with Crippen LogP contribution in [0, 0.1) is 5.82 Å². The molecule has 7 heteroatoms. The van der Waals surface area contributed by atoms with Crippen molar-refractivity contribution in [2.24, 2.45) is 0 Å². The zero-order valence-electron chi connectivity index (χ0n) is 15.4. The van der Waals surface area contributed by atoms with Crippen molar-refractivity contribution in [1.82, 2.24) is 9.88 Å². The fourth-order valence-corrected chi connectivity index (χ4v) is 3.54. The molecule has 0 atom stereocenters. The summed E-state index contributed by atoms with van der Waals surface area (Å²) in [6.45, 7) is 2.28. The number of hydrogen-bond donors (Lipinski definition) is 1.